The predicted molar refractivity (Wildman–Crippen MR) is 102 cm³/mol. The Morgan fingerprint density at radius 2 is 1.64 bits per heavy atom. The summed E-state index contributed by atoms with van der Waals surface area (Å²) in [7, 11) is 0. The number of nitriles is 2. The predicted octanol–water partition coefficient (Wildman–Crippen LogP) is 3.35. The molecule has 0 bridgehead atoms. The first-order chi connectivity index (χ1) is 13.5. The number of anilines is 1. The lowest BCUT2D eigenvalue weighted by Crippen LogP contribution is -2.25. The number of ketones is 1. The summed E-state index contributed by atoms with van der Waals surface area (Å²) in [4.78, 5) is 14.4. The summed E-state index contributed by atoms with van der Waals surface area (Å²) in [6.07, 6.45) is 2.26. The van der Waals surface area contributed by atoms with E-state index in [4.69, 9.17) is 15.3 Å². The van der Waals surface area contributed by atoms with Crippen LogP contribution < -0.4 is 9.64 Å². The van der Waals surface area contributed by atoms with Crippen LogP contribution in [0, 0.1) is 22.7 Å². The van der Waals surface area contributed by atoms with Crippen LogP contribution in [-0.2, 0) is 0 Å². The van der Waals surface area contributed by atoms with Crippen molar-refractivity contribution in [3.63, 3.8) is 0 Å². The molecule has 0 aliphatic carbocycles. The van der Waals surface area contributed by atoms with E-state index in [0.717, 1.165) is 5.69 Å². The highest BCUT2D eigenvalue weighted by Crippen LogP contribution is 2.44. The van der Waals surface area contributed by atoms with Crippen molar-refractivity contribution in [1.82, 2.24) is 0 Å². The smallest absolute Gasteiger partial charge is 0.232 e. The fourth-order valence-electron chi connectivity index (χ4n) is 2.90. The third-order valence-corrected chi connectivity index (χ3v) is 4.33. The van der Waals surface area contributed by atoms with Crippen molar-refractivity contribution in [2.24, 2.45) is 0 Å². The molecule has 0 radical (unpaired) electrons. The van der Waals surface area contributed by atoms with Crippen molar-refractivity contribution in [3.8, 4) is 29.4 Å². The second-order valence-electron chi connectivity index (χ2n) is 6.14. The molecule has 3 rings (SSSR count). The topological polar surface area (TPSA) is 118 Å². The number of carbonyl (C=O) groups is 1. The molecule has 1 aliphatic rings. The molecule has 0 spiro atoms. The molecule has 1 heterocycles. The van der Waals surface area contributed by atoms with E-state index < -0.39 is 5.75 Å². The maximum atomic E-state index is 12.4. The highest BCUT2D eigenvalue weighted by Gasteiger charge is 2.31. The van der Waals surface area contributed by atoms with E-state index in [1.54, 1.807) is 18.2 Å². The zero-order valence-corrected chi connectivity index (χ0v) is 14.9. The number of rotatable bonds is 6. The molecular weight excluding hydrogens is 358 g/mol. The number of fused-ring (bicyclic) bond motifs is 1. The van der Waals surface area contributed by atoms with Gasteiger partial charge in [-0.1, -0.05) is 12.1 Å². The number of phenols is 2. The van der Waals surface area contributed by atoms with Gasteiger partial charge in [-0.25, -0.2) is 0 Å². The van der Waals surface area contributed by atoms with Gasteiger partial charge in [0.2, 0.25) is 11.5 Å². The second-order valence-corrected chi connectivity index (χ2v) is 6.14. The van der Waals surface area contributed by atoms with E-state index in [9.17, 15) is 15.0 Å². The molecule has 0 saturated heterocycles. The molecule has 2 aromatic carbocycles. The zero-order chi connectivity index (χ0) is 20.1. The van der Waals surface area contributed by atoms with E-state index in [1.165, 1.54) is 12.1 Å². The van der Waals surface area contributed by atoms with Gasteiger partial charge in [-0.05, 0) is 35.9 Å². The Hall–Kier alpha value is -3.97. The number of benzene rings is 2. The Morgan fingerprint density at radius 1 is 1.00 bits per heavy atom. The van der Waals surface area contributed by atoms with E-state index in [-0.39, 0.29) is 28.6 Å². The molecule has 0 saturated carbocycles. The van der Waals surface area contributed by atoms with Crippen molar-refractivity contribution < 1.29 is 19.7 Å². The lowest BCUT2D eigenvalue weighted by atomic mass is 10.1. The van der Waals surface area contributed by atoms with Gasteiger partial charge in [0.25, 0.3) is 0 Å². The van der Waals surface area contributed by atoms with Crippen LogP contribution >= 0.6 is 0 Å². The molecule has 7 nitrogen and oxygen atoms in total. The molecule has 0 aromatic heterocycles. The molecule has 7 heteroatoms. The highest BCUT2D eigenvalue weighted by atomic mass is 16.5. The Morgan fingerprint density at radius 3 is 2.25 bits per heavy atom. The van der Waals surface area contributed by atoms with Crippen LogP contribution in [0.25, 0.3) is 6.08 Å². The fraction of sp³-hybridized carbons (Fsp3) is 0.190. The first kappa shape index (κ1) is 18.8. The van der Waals surface area contributed by atoms with Crippen molar-refractivity contribution in [2.75, 3.05) is 18.0 Å². The van der Waals surface area contributed by atoms with Crippen molar-refractivity contribution in [1.29, 1.82) is 10.5 Å². The molecular formula is C21H17N3O4. The molecule has 0 fully saturated rings. The zero-order valence-electron chi connectivity index (χ0n) is 14.9. The Labute approximate surface area is 161 Å². The summed E-state index contributed by atoms with van der Waals surface area (Å²) in [5.74, 6) is -1.19. The van der Waals surface area contributed by atoms with Gasteiger partial charge in [0.05, 0.1) is 30.5 Å². The minimum atomic E-state index is -0.463. The molecule has 2 N–H and O–H groups in total. The molecule has 0 unspecified atom stereocenters. The fourth-order valence-corrected chi connectivity index (χ4v) is 2.90. The van der Waals surface area contributed by atoms with Gasteiger partial charge in [-0.15, -0.1) is 0 Å². The number of nitrogens with zero attached hydrogens (tertiary/aromatic N) is 3. The maximum absolute atomic E-state index is 12.4. The summed E-state index contributed by atoms with van der Waals surface area (Å²) in [5, 5.41) is 37.0. The van der Waals surface area contributed by atoms with Gasteiger partial charge in [0, 0.05) is 18.8 Å². The molecule has 0 amide bonds. The molecule has 2 aromatic rings. The van der Waals surface area contributed by atoms with Gasteiger partial charge >= 0.3 is 0 Å². The van der Waals surface area contributed by atoms with Gasteiger partial charge in [0.1, 0.15) is 0 Å². The SMILES string of the molecule is N#CCCN(CCC#N)c1ccc(C=C2Oc3c(ccc(O)c3O)C2=O)cc1. The standard InChI is InChI=1S/C21H17N3O4/c22-9-1-11-24(12-2-10-23)15-5-3-14(4-6-15)13-18-19(26)16-7-8-17(25)20(27)21(16)28-18/h3-8,13,25,27H,1-2,11-12H2. The Bertz CT molecular complexity index is 996. The lowest BCUT2D eigenvalue weighted by molar-refractivity contribution is 0.101. The first-order valence-corrected chi connectivity index (χ1v) is 8.63. The second kappa shape index (κ2) is 8.15. The minimum Gasteiger partial charge on any atom is -0.504 e. The number of ether oxygens (including phenoxy) is 1. The largest absolute Gasteiger partial charge is 0.504 e. The first-order valence-electron chi connectivity index (χ1n) is 8.63. The van der Waals surface area contributed by atoms with Crippen LogP contribution in [0.15, 0.2) is 42.2 Å². The average molecular weight is 375 g/mol. The summed E-state index contributed by atoms with van der Waals surface area (Å²) >= 11 is 0. The minimum absolute atomic E-state index is 0.0490. The Balaban J connectivity index is 1.80. The van der Waals surface area contributed by atoms with Crippen LogP contribution in [0.5, 0.6) is 17.2 Å². The number of aromatic hydroxyl groups is 2. The number of phenolic OH excluding ortho intramolecular Hbond substituents is 2. The quantitative estimate of drug-likeness (QED) is 0.587. The van der Waals surface area contributed by atoms with Crippen molar-refractivity contribution in [2.45, 2.75) is 12.8 Å². The summed E-state index contributed by atoms with van der Waals surface area (Å²) < 4.78 is 5.44. The van der Waals surface area contributed by atoms with Crippen LogP contribution in [0.1, 0.15) is 28.8 Å². The Kier molecular flexibility index (Phi) is 5.48. The highest BCUT2D eigenvalue weighted by molar-refractivity contribution is 6.15. The van der Waals surface area contributed by atoms with Crippen LogP contribution in [-0.4, -0.2) is 29.1 Å². The number of allylic oxidation sites excluding steroid dienone is 1. The van der Waals surface area contributed by atoms with Crippen molar-refractivity contribution in [3.05, 3.63) is 53.3 Å². The van der Waals surface area contributed by atoms with E-state index in [2.05, 4.69) is 12.1 Å². The summed E-state index contributed by atoms with van der Waals surface area (Å²) in [6, 6.07) is 14.1. The van der Waals surface area contributed by atoms with Gasteiger partial charge in [-0.3, -0.25) is 4.79 Å². The number of hydrogen-bond donors (Lipinski definition) is 2. The number of Topliss-reactive ketones (excluding diaryl/α,β-unsaturated/α-hetero) is 1. The van der Waals surface area contributed by atoms with E-state index in [1.807, 2.05) is 17.0 Å². The van der Waals surface area contributed by atoms with Crippen LogP contribution in [0.2, 0.25) is 0 Å². The lowest BCUT2D eigenvalue weighted by Gasteiger charge is -2.22. The molecule has 140 valence electrons. The normalized spacial score (nSPS) is 13.5. The monoisotopic (exact) mass is 375 g/mol. The third kappa shape index (κ3) is 3.74. The number of hydrogen-bond acceptors (Lipinski definition) is 7. The van der Waals surface area contributed by atoms with E-state index >= 15 is 0 Å². The molecule has 28 heavy (non-hydrogen) atoms. The van der Waals surface area contributed by atoms with Gasteiger partial charge < -0.3 is 19.8 Å². The summed E-state index contributed by atoms with van der Waals surface area (Å²) in [5.41, 5.74) is 1.78. The van der Waals surface area contributed by atoms with E-state index in [0.29, 0.717) is 31.5 Å². The van der Waals surface area contributed by atoms with Crippen LogP contribution in [0.4, 0.5) is 5.69 Å². The maximum Gasteiger partial charge on any atom is 0.232 e. The molecule has 0 atom stereocenters. The van der Waals surface area contributed by atoms with Gasteiger partial charge in [-0.2, -0.15) is 10.5 Å². The average Bonchev–Trinajstić information content (AvgIpc) is 3.02. The van der Waals surface area contributed by atoms with Crippen molar-refractivity contribution >= 4 is 17.5 Å². The molecule has 1 aliphatic heterocycles. The summed E-state index contributed by atoms with van der Waals surface area (Å²) in [6.45, 7) is 1.05. The third-order valence-electron chi connectivity index (χ3n) is 4.33. The van der Waals surface area contributed by atoms with Crippen LogP contribution in [0.3, 0.4) is 0 Å². The van der Waals surface area contributed by atoms with Gasteiger partial charge in [0.15, 0.2) is 17.3 Å². The number of carbonyl (C=O) groups excluding carboxylic acids is 1.